The summed E-state index contributed by atoms with van der Waals surface area (Å²) in [5, 5.41) is 4.43. The van der Waals surface area contributed by atoms with Gasteiger partial charge in [0.15, 0.2) is 5.82 Å². The molecule has 130 valence electrons. The molecule has 1 N–H and O–H groups in total. The third-order valence-electron chi connectivity index (χ3n) is 3.38. The van der Waals surface area contributed by atoms with Crippen molar-refractivity contribution < 1.29 is 12.8 Å². The van der Waals surface area contributed by atoms with Crippen molar-refractivity contribution in [1.29, 1.82) is 0 Å². The molecule has 0 fully saturated rings. The van der Waals surface area contributed by atoms with Gasteiger partial charge in [-0.25, -0.2) is 12.8 Å². The Morgan fingerprint density at radius 3 is 2.56 bits per heavy atom. The predicted octanol–water partition coefficient (Wildman–Crippen LogP) is 4.29. The van der Waals surface area contributed by atoms with Crippen LogP contribution in [0.5, 0.6) is 0 Å². The number of nitrogens with one attached hydrogen (secondary N) is 1. The first-order valence-corrected chi connectivity index (χ1v) is 9.76. The standard InChI is InChI=1S/C16H12BrClFN3O2S/c17-13-10-22(9-12-14(18)7-4-8-15(12)19)20-16(13)21-25(23,24)11-5-2-1-3-6-11/h1-8,10H,9H2,(H,20,21). The van der Waals surface area contributed by atoms with Gasteiger partial charge in [-0.3, -0.25) is 9.40 Å². The molecule has 2 aromatic carbocycles. The van der Waals surface area contributed by atoms with E-state index in [0.29, 0.717) is 4.47 Å². The van der Waals surface area contributed by atoms with Crippen LogP contribution in [0.15, 0.2) is 64.1 Å². The van der Waals surface area contributed by atoms with Gasteiger partial charge in [-0.1, -0.05) is 35.9 Å². The third-order valence-corrected chi connectivity index (χ3v) is 5.67. The average Bonchev–Trinajstić information content (AvgIpc) is 2.91. The van der Waals surface area contributed by atoms with Gasteiger partial charge >= 0.3 is 0 Å². The zero-order valence-corrected chi connectivity index (χ0v) is 15.8. The van der Waals surface area contributed by atoms with Crippen molar-refractivity contribution in [1.82, 2.24) is 9.78 Å². The number of sulfonamides is 1. The Bertz CT molecular complexity index is 989. The molecule has 0 amide bonds. The summed E-state index contributed by atoms with van der Waals surface area (Å²) in [7, 11) is -3.77. The van der Waals surface area contributed by atoms with E-state index in [1.807, 2.05) is 0 Å². The highest BCUT2D eigenvalue weighted by Crippen LogP contribution is 2.25. The van der Waals surface area contributed by atoms with E-state index in [2.05, 4.69) is 25.8 Å². The monoisotopic (exact) mass is 443 g/mol. The molecule has 0 aliphatic heterocycles. The van der Waals surface area contributed by atoms with Crippen LogP contribution in [-0.4, -0.2) is 18.2 Å². The van der Waals surface area contributed by atoms with Crippen molar-refractivity contribution in [2.45, 2.75) is 11.4 Å². The predicted molar refractivity (Wildman–Crippen MR) is 97.7 cm³/mol. The van der Waals surface area contributed by atoms with Gasteiger partial charge in [0, 0.05) is 16.8 Å². The summed E-state index contributed by atoms with van der Waals surface area (Å²) < 4.78 is 42.9. The molecule has 0 saturated carbocycles. The van der Waals surface area contributed by atoms with E-state index < -0.39 is 15.8 Å². The maximum Gasteiger partial charge on any atom is 0.263 e. The van der Waals surface area contributed by atoms with Gasteiger partial charge in [-0.15, -0.1) is 0 Å². The number of benzene rings is 2. The number of hydrogen-bond donors (Lipinski definition) is 1. The molecule has 0 aliphatic rings. The maximum absolute atomic E-state index is 13.9. The zero-order valence-electron chi connectivity index (χ0n) is 12.7. The first-order valence-electron chi connectivity index (χ1n) is 7.10. The van der Waals surface area contributed by atoms with Gasteiger partial charge in [-0.2, -0.15) is 5.10 Å². The summed E-state index contributed by atoms with van der Waals surface area (Å²) >= 11 is 9.26. The van der Waals surface area contributed by atoms with Gasteiger partial charge in [0.05, 0.1) is 15.9 Å². The lowest BCUT2D eigenvalue weighted by atomic mass is 10.2. The molecule has 3 rings (SSSR count). The highest BCUT2D eigenvalue weighted by atomic mass is 79.9. The minimum Gasteiger partial charge on any atom is -0.265 e. The summed E-state index contributed by atoms with van der Waals surface area (Å²) in [5.74, 6) is -0.346. The minimum absolute atomic E-state index is 0.0666. The Kier molecular flexibility index (Phi) is 5.12. The molecule has 0 spiro atoms. The maximum atomic E-state index is 13.9. The molecule has 1 aromatic heterocycles. The molecule has 3 aromatic rings. The third kappa shape index (κ3) is 4.02. The fourth-order valence-electron chi connectivity index (χ4n) is 2.18. The lowest BCUT2D eigenvalue weighted by molar-refractivity contribution is 0.585. The zero-order chi connectivity index (χ0) is 18.0. The molecule has 0 radical (unpaired) electrons. The van der Waals surface area contributed by atoms with Crippen molar-refractivity contribution in [3.63, 3.8) is 0 Å². The van der Waals surface area contributed by atoms with Crippen LogP contribution in [0.4, 0.5) is 10.2 Å². The minimum atomic E-state index is -3.77. The van der Waals surface area contributed by atoms with Crippen molar-refractivity contribution in [3.05, 3.63) is 75.6 Å². The Morgan fingerprint density at radius 1 is 1.16 bits per heavy atom. The Balaban J connectivity index is 1.86. The quantitative estimate of drug-likeness (QED) is 0.638. The summed E-state index contributed by atoms with van der Waals surface area (Å²) in [6.07, 6.45) is 1.55. The van der Waals surface area contributed by atoms with Gasteiger partial charge in [0.1, 0.15) is 5.82 Å². The van der Waals surface area contributed by atoms with Crippen LogP contribution in [-0.2, 0) is 16.6 Å². The van der Waals surface area contributed by atoms with Crippen molar-refractivity contribution in [2.24, 2.45) is 0 Å². The summed E-state index contributed by atoms with van der Waals surface area (Å²) in [6, 6.07) is 12.3. The summed E-state index contributed by atoms with van der Waals surface area (Å²) in [5.41, 5.74) is 0.275. The van der Waals surface area contributed by atoms with Crippen molar-refractivity contribution in [2.75, 3.05) is 4.72 Å². The molecule has 25 heavy (non-hydrogen) atoms. The SMILES string of the molecule is O=S(=O)(Nc1nn(Cc2c(F)cccc2Cl)cc1Br)c1ccccc1. The first kappa shape index (κ1) is 17.9. The van der Waals surface area contributed by atoms with E-state index in [4.69, 9.17) is 11.6 Å². The lowest BCUT2D eigenvalue weighted by Crippen LogP contribution is -2.14. The van der Waals surface area contributed by atoms with E-state index >= 15 is 0 Å². The fraction of sp³-hybridized carbons (Fsp3) is 0.0625. The average molecular weight is 445 g/mol. The molecular formula is C16H12BrClFN3O2S. The molecule has 5 nitrogen and oxygen atoms in total. The smallest absolute Gasteiger partial charge is 0.263 e. The second-order valence-electron chi connectivity index (χ2n) is 5.14. The fourth-order valence-corrected chi connectivity index (χ4v) is 3.99. The Morgan fingerprint density at radius 2 is 1.88 bits per heavy atom. The number of rotatable bonds is 5. The molecule has 0 saturated heterocycles. The molecule has 0 atom stereocenters. The number of halogens is 3. The molecular weight excluding hydrogens is 433 g/mol. The van der Waals surface area contributed by atoms with E-state index in [9.17, 15) is 12.8 Å². The Labute approximate surface area is 157 Å². The van der Waals surface area contributed by atoms with Crippen LogP contribution >= 0.6 is 27.5 Å². The number of nitrogens with zero attached hydrogens (tertiary/aromatic N) is 2. The number of aromatic nitrogens is 2. The number of hydrogen-bond acceptors (Lipinski definition) is 3. The van der Waals surface area contributed by atoms with E-state index in [1.54, 1.807) is 30.5 Å². The second kappa shape index (κ2) is 7.15. The van der Waals surface area contributed by atoms with E-state index in [1.165, 1.54) is 28.9 Å². The van der Waals surface area contributed by atoms with Gasteiger partial charge in [0.25, 0.3) is 10.0 Å². The van der Waals surface area contributed by atoms with Crippen LogP contribution in [0.3, 0.4) is 0 Å². The molecule has 0 unspecified atom stereocenters. The highest BCUT2D eigenvalue weighted by Gasteiger charge is 2.18. The Hall–Kier alpha value is -1.90. The molecule has 0 bridgehead atoms. The second-order valence-corrected chi connectivity index (χ2v) is 8.09. The summed E-state index contributed by atoms with van der Waals surface area (Å²) in [6.45, 7) is 0.0666. The topological polar surface area (TPSA) is 64.0 Å². The van der Waals surface area contributed by atoms with Crippen LogP contribution < -0.4 is 4.72 Å². The largest absolute Gasteiger partial charge is 0.265 e. The van der Waals surface area contributed by atoms with Crippen LogP contribution in [0.1, 0.15) is 5.56 Å². The molecule has 0 aliphatic carbocycles. The first-order chi connectivity index (χ1) is 11.9. The van der Waals surface area contributed by atoms with E-state index in [-0.39, 0.29) is 27.8 Å². The number of anilines is 1. The van der Waals surface area contributed by atoms with Gasteiger partial charge in [-0.05, 0) is 40.2 Å². The normalized spacial score (nSPS) is 11.5. The van der Waals surface area contributed by atoms with Crippen molar-refractivity contribution in [3.8, 4) is 0 Å². The van der Waals surface area contributed by atoms with Crippen molar-refractivity contribution >= 4 is 43.4 Å². The van der Waals surface area contributed by atoms with E-state index in [0.717, 1.165) is 0 Å². The van der Waals surface area contributed by atoms with Gasteiger partial charge in [0.2, 0.25) is 0 Å². The van der Waals surface area contributed by atoms with Crippen LogP contribution in [0.2, 0.25) is 5.02 Å². The highest BCUT2D eigenvalue weighted by molar-refractivity contribution is 9.10. The van der Waals surface area contributed by atoms with Gasteiger partial charge < -0.3 is 0 Å². The summed E-state index contributed by atoms with van der Waals surface area (Å²) in [4.78, 5) is 0.119. The lowest BCUT2D eigenvalue weighted by Gasteiger charge is -2.07. The van der Waals surface area contributed by atoms with Crippen LogP contribution in [0.25, 0.3) is 0 Å². The van der Waals surface area contributed by atoms with Crippen LogP contribution in [0, 0.1) is 5.82 Å². The molecule has 1 heterocycles. The molecule has 9 heteroatoms.